The maximum atomic E-state index is 14.1. The van der Waals surface area contributed by atoms with Gasteiger partial charge in [-0.1, -0.05) is 45.7 Å². The highest BCUT2D eigenvalue weighted by molar-refractivity contribution is 5.81. The minimum absolute atomic E-state index is 0.00856. The third kappa shape index (κ3) is 22.1. The number of carbonyl (C=O) groups excluding carboxylic acids is 5. The molecule has 0 N–H and O–H groups in total. The van der Waals surface area contributed by atoms with Gasteiger partial charge in [0.25, 0.3) is 5.69 Å². The minimum atomic E-state index is -0.824. The lowest BCUT2D eigenvalue weighted by atomic mass is 9.86. The van der Waals surface area contributed by atoms with Crippen LogP contribution in [0, 0.1) is 15.5 Å². The molecule has 61 heavy (non-hydrogen) atoms. The van der Waals surface area contributed by atoms with Crippen LogP contribution in [0.2, 0.25) is 0 Å². The summed E-state index contributed by atoms with van der Waals surface area (Å²) in [5.74, 6) is -2.18. The number of rotatable bonds is 19. The van der Waals surface area contributed by atoms with Crippen LogP contribution in [0.5, 0.6) is 0 Å². The van der Waals surface area contributed by atoms with Gasteiger partial charge in [-0.15, -0.1) is 0 Å². The molecule has 0 bridgehead atoms. The molecule has 1 aromatic carbocycles. The van der Waals surface area contributed by atoms with Crippen LogP contribution in [0.4, 0.5) is 5.69 Å². The quantitative estimate of drug-likeness (QED) is 0.0596. The standard InChI is InChI=1S/C46H76N4O11/c1-42(2,3)25-35(51)27-48(36-18-16-17-19-37(36)49(30-40(54)60-45(10,11)12)31-41(55)61-46(13,14)15)26-34(24-32-20-22-33(23-21-32)50(56)57)47(28-38(52)58-43(4,5)6)29-39(53)59-44(7,8)9/h20-23,34,36-37H,16-19,24-31H2,1-15H3/t34-,36+,37+/m1/s1. The molecular formula is C46H76N4O11. The molecule has 0 aliphatic heterocycles. The fraction of sp³-hybridized carbons (Fsp3) is 0.761. The van der Waals surface area contributed by atoms with E-state index in [0.717, 1.165) is 12.8 Å². The van der Waals surface area contributed by atoms with E-state index in [4.69, 9.17) is 18.9 Å². The molecule has 15 nitrogen and oxygen atoms in total. The fourth-order valence-corrected chi connectivity index (χ4v) is 7.50. The third-order valence-electron chi connectivity index (χ3n) is 9.33. The Morgan fingerprint density at radius 1 is 0.607 bits per heavy atom. The van der Waals surface area contributed by atoms with E-state index in [1.165, 1.54) is 12.1 Å². The predicted molar refractivity (Wildman–Crippen MR) is 234 cm³/mol. The average molecular weight is 861 g/mol. The topological polar surface area (TPSA) is 175 Å². The van der Waals surface area contributed by atoms with Crippen LogP contribution in [-0.2, 0) is 49.3 Å². The van der Waals surface area contributed by atoms with Crippen molar-refractivity contribution in [2.75, 3.05) is 39.3 Å². The number of benzene rings is 1. The summed E-state index contributed by atoms with van der Waals surface area (Å²) in [5, 5.41) is 11.6. The van der Waals surface area contributed by atoms with Gasteiger partial charge >= 0.3 is 23.9 Å². The van der Waals surface area contributed by atoms with Crippen LogP contribution in [-0.4, -0.2) is 129 Å². The number of esters is 4. The highest BCUT2D eigenvalue weighted by atomic mass is 16.6. The Morgan fingerprint density at radius 2 is 0.984 bits per heavy atom. The monoisotopic (exact) mass is 861 g/mol. The van der Waals surface area contributed by atoms with Crippen LogP contribution in [0.3, 0.4) is 0 Å². The van der Waals surface area contributed by atoms with Crippen molar-refractivity contribution >= 4 is 35.3 Å². The zero-order chi connectivity index (χ0) is 46.7. The van der Waals surface area contributed by atoms with Gasteiger partial charge in [-0.2, -0.15) is 0 Å². The number of nitrogens with zero attached hydrogens (tertiary/aromatic N) is 4. The first-order chi connectivity index (χ1) is 27.7. The Bertz CT molecular complexity index is 1580. The Balaban J connectivity index is 2.84. The molecule has 1 aliphatic carbocycles. The van der Waals surface area contributed by atoms with Gasteiger partial charge in [0.2, 0.25) is 0 Å². The molecule has 3 atom stereocenters. The molecule has 346 valence electrons. The molecule has 0 heterocycles. The van der Waals surface area contributed by atoms with Gasteiger partial charge in [-0.25, -0.2) is 0 Å². The molecular weight excluding hydrogens is 785 g/mol. The van der Waals surface area contributed by atoms with Crippen molar-refractivity contribution in [2.45, 2.75) is 183 Å². The van der Waals surface area contributed by atoms with Gasteiger partial charge in [-0.05, 0) is 113 Å². The van der Waals surface area contributed by atoms with Gasteiger partial charge in [0.1, 0.15) is 28.2 Å². The molecule has 0 spiro atoms. The normalized spacial score (nSPS) is 17.2. The van der Waals surface area contributed by atoms with Crippen molar-refractivity contribution in [1.29, 1.82) is 0 Å². The maximum absolute atomic E-state index is 14.1. The first kappa shape index (κ1) is 53.2. The lowest BCUT2D eigenvalue weighted by molar-refractivity contribution is -0.384. The Morgan fingerprint density at radius 3 is 1.34 bits per heavy atom. The van der Waals surface area contributed by atoms with Crippen molar-refractivity contribution in [3.63, 3.8) is 0 Å². The summed E-state index contributed by atoms with van der Waals surface area (Å²) in [6.45, 7) is 26.3. The summed E-state index contributed by atoms with van der Waals surface area (Å²) in [5.41, 5.74) is -2.91. The Labute approximate surface area is 364 Å². The van der Waals surface area contributed by atoms with Crippen LogP contribution in [0.15, 0.2) is 24.3 Å². The lowest BCUT2D eigenvalue weighted by Crippen LogP contribution is -2.60. The lowest BCUT2D eigenvalue weighted by Gasteiger charge is -2.46. The first-order valence-corrected chi connectivity index (χ1v) is 21.5. The van der Waals surface area contributed by atoms with Crippen molar-refractivity contribution < 1.29 is 47.8 Å². The Hall–Kier alpha value is -3.95. The summed E-state index contributed by atoms with van der Waals surface area (Å²) < 4.78 is 23.0. The first-order valence-electron chi connectivity index (χ1n) is 21.5. The number of nitro benzene ring substituents is 1. The smallest absolute Gasteiger partial charge is 0.320 e. The van der Waals surface area contributed by atoms with E-state index >= 15 is 0 Å². The van der Waals surface area contributed by atoms with Gasteiger partial charge < -0.3 is 18.9 Å². The van der Waals surface area contributed by atoms with E-state index in [0.29, 0.717) is 18.4 Å². The molecule has 15 heteroatoms. The second-order valence-corrected chi connectivity index (χ2v) is 21.6. The molecule has 1 fully saturated rings. The molecule has 1 saturated carbocycles. The van der Waals surface area contributed by atoms with E-state index < -0.39 is 63.3 Å². The van der Waals surface area contributed by atoms with Gasteiger partial charge in [0, 0.05) is 43.2 Å². The van der Waals surface area contributed by atoms with Crippen molar-refractivity contribution in [1.82, 2.24) is 14.7 Å². The third-order valence-corrected chi connectivity index (χ3v) is 9.33. The number of ether oxygens (including phenoxy) is 4. The largest absolute Gasteiger partial charge is 0.459 e. The molecule has 1 aromatic rings. The molecule has 0 unspecified atom stereocenters. The average Bonchev–Trinajstić information content (AvgIpc) is 3.03. The highest BCUT2D eigenvalue weighted by Crippen LogP contribution is 2.30. The number of ketones is 1. The second-order valence-electron chi connectivity index (χ2n) is 21.6. The molecule has 0 amide bonds. The van der Waals surface area contributed by atoms with Gasteiger partial charge in [-0.3, -0.25) is 48.8 Å². The highest BCUT2D eigenvalue weighted by Gasteiger charge is 2.40. The Kier molecular flexibility index (Phi) is 19.1. The van der Waals surface area contributed by atoms with Crippen LogP contribution < -0.4 is 0 Å². The van der Waals surface area contributed by atoms with E-state index in [1.54, 1.807) is 105 Å². The van der Waals surface area contributed by atoms with E-state index in [2.05, 4.69) is 4.90 Å². The number of hydrogen-bond acceptors (Lipinski definition) is 14. The molecule has 0 aromatic heterocycles. The van der Waals surface area contributed by atoms with Gasteiger partial charge in [0.05, 0.1) is 37.6 Å². The molecule has 1 aliphatic rings. The SMILES string of the molecule is CC(C)(C)CC(=O)CN(C[C@@H](Cc1ccc([N+](=O)[O-])cc1)N(CC(=O)OC(C)(C)C)CC(=O)OC(C)(C)C)[C@H]1CCCC[C@@H]1N(CC(=O)OC(C)(C)C)CC(=O)OC(C)(C)C. The molecule has 0 radical (unpaired) electrons. The van der Waals surface area contributed by atoms with E-state index in [9.17, 15) is 34.1 Å². The van der Waals surface area contributed by atoms with Crippen LogP contribution >= 0.6 is 0 Å². The van der Waals surface area contributed by atoms with Crippen molar-refractivity contribution in [3.8, 4) is 0 Å². The zero-order valence-electron chi connectivity index (χ0n) is 39.8. The van der Waals surface area contributed by atoms with E-state index in [-0.39, 0.29) is 75.0 Å². The number of non-ortho nitro benzene ring substituents is 1. The summed E-state index contributed by atoms with van der Waals surface area (Å²) in [6.07, 6.45) is 3.34. The summed E-state index contributed by atoms with van der Waals surface area (Å²) >= 11 is 0. The second kappa shape index (κ2) is 21.9. The zero-order valence-corrected chi connectivity index (χ0v) is 39.8. The summed E-state index contributed by atoms with van der Waals surface area (Å²) in [7, 11) is 0. The van der Waals surface area contributed by atoms with E-state index in [1.807, 2.05) is 20.8 Å². The maximum Gasteiger partial charge on any atom is 0.320 e. The number of carbonyl (C=O) groups is 5. The van der Waals surface area contributed by atoms with Gasteiger partial charge in [0.15, 0.2) is 0 Å². The van der Waals surface area contributed by atoms with Crippen LogP contribution in [0.1, 0.15) is 142 Å². The fourth-order valence-electron chi connectivity index (χ4n) is 7.50. The molecule has 0 saturated heterocycles. The predicted octanol–water partition coefficient (Wildman–Crippen LogP) is 7.10. The van der Waals surface area contributed by atoms with Crippen LogP contribution in [0.25, 0.3) is 0 Å². The van der Waals surface area contributed by atoms with Crippen molar-refractivity contribution in [2.24, 2.45) is 5.41 Å². The number of Topliss-reactive ketones (excluding diaryl/α,β-unsaturated/α-hetero) is 1. The summed E-state index contributed by atoms with van der Waals surface area (Å²) in [6, 6.07) is 4.69. The van der Waals surface area contributed by atoms with Crippen molar-refractivity contribution in [3.05, 3.63) is 39.9 Å². The molecule has 2 rings (SSSR count). The minimum Gasteiger partial charge on any atom is -0.459 e. The number of nitro groups is 1. The number of hydrogen-bond donors (Lipinski definition) is 0. The summed E-state index contributed by atoms with van der Waals surface area (Å²) in [4.78, 5) is 85.1.